The molecule has 2 fully saturated rings. The monoisotopic (exact) mass is 282 g/mol. The van der Waals surface area contributed by atoms with Crippen LogP contribution in [0.5, 0.6) is 0 Å². The van der Waals surface area contributed by atoms with Crippen LogP contribution in [0.15, 0.2) is 11.3 Å². The molecule has 1 saturated carbocycles. The minimum Gasteiger partial charge on any atom is -0.398 e. The third-order valence-electron chi connectivity index (χ3n) is 4.99. The third kappa shape index (κ3) is 2.96. The Bertz CT molecular complexity index is 410. The minimum absolute atomic E-state index is 0.161. The van der Waals surface area contributed by atoms with E-state index in [9.17, 15) is 4.39 Å². The van der Waals surface area contributed by atoms with E-state index in [1.807, 2.05) is 27.7 Å². The average Bonchev–Trinajstić information content (AvgIpc) is 2.44. The maximum Gasteiger partial charge on any atom is 0.525 e. The van der Waals surface area contributed by atoms with Gasteiger partial charge in [0.25, 0.3) is 0 Å². The standard InChI is InChI=1S/C16H28BFO2/c1-11-8-12(10-14(2,3)9-11)13(18)17-19-15(4,5)16(6,7)20-17/h11H,8-10H2,1-7H3. The fourth-order valence-corrected chi connectivity index (χ4v) is 3.45. The van der Waals surface area contributed by atoms with Crippen LogP contribution in [0, 0.1) is 11.3 Å². The van der Waals surface area contributed by atoms with Crippen molar-refractivity contribution < 1.29 is 13.7 Å². The molecule has 1 aliphatic heterocycles. The topological polar surface area (TPSA) is 18.5 Å². The Hall–Kier alpha value is -0.345. The van der Waals surface area contributed by atoms with Gasteiger partial charge in [0, 0.05) is 0 Å². The van der Waals surface area contributed by atoms with Gasteiger partial charge in [-0.15, -0.1) is 0 Å². The molecule has 0 amide bonds. The molecule has 1 saturated heterocycles. The fraction of sp³-hybridized carbons (Fsp3) is 0.875. The second kappa shape index (κ2) is 4.84. The summed E-state index contributed by atoms with van der Waals surface area (Å²) in [5.74, 6) is 0.516. The quantitative estimate of drug-likeness (QED) is 0.650. The SMILES string of the molecule is CC1CC(=C(F)B2OC(C)(C)C(C)(C)O2)CC(C)(C)C1. The van der Waals surface area contributed by atoms with E-state index in [0.717, 1.165) is 24.8 Å². The zero-order chi connectivity index (χ0) is 15.3. The van der Waals surface area contributed by atoms with E-state index in [0.29, 0.717) is 5.92 Å². The van der Waals surface area contributed by atoms with E-state index in [2.05, 4.69) is 20.8 Å². The first kappa shape index (κ1) is 16.0. The highest BCUT2D eigenvalue weighted by atomic mass is 19.1. The van der Waals surface area contributed by atoms with Crippen molar-refractivity contribution >= 4 is 7.12 Å². The smallest absolute Gasteiger partial charge is 0.398 e. The maximum atomic E-state index is 14.8. The summed E-state index contributed by atoms with van der Waals surface area (Å²) >= 11 is 0. The van der Waals surface area contributed by atoms with Crippen molar-refractivity contribution in [2.45, 2.75) is 78.9 Å². The lowest BCUT2D eigenvalue weighted by molar-refractivity contribution is 0.00578. The lowest BCUT2D eigenvalue weighted by atomic mass is 9.67. The van der Waals surface area contributed by atoms with Crippen molar-refractivity contribution in [3.63, 3.8) is 0 Å². The Morgan fingerprint density at radius 3 is 2.05 bits per heavy atom. The van der Waals surface area contributed by atoms with Crippen LogP contribution in [0.3, 0.4) is 0 Å². The van der Waals surface area contributed by atoms with Crippen LogP contribution in [0.1, 0.15) is 67.7 Å². The van der Waals surface area contributed by atoms with Gasteiger partial charge in [0.2, 0.25) is 0 Å². The van der Waals surface area contributed by atoms with Crippen LogP contribution in [0.4, 0.5) is 4.39 Å². The lowest BCUT2D eigenvalue weighted by Gasteiger charge is -2.35. The molecule has 2 rings (SSSR count). The Labute approximate surface area is 123 Å². The number of allylic oxidation sites excluding steroid dienone is 1. The highest BCUT2D eigenvalue weighted by Gasteiger charge is 2.53. The van der Waals surface area contributed by atoms with Gasteiger partial charge in [-0.3, -0.25) is 0 Å². The molecule has 0 radical (unpaired) electrons. The van der Waals surface area contributed by atoms with E-state index >= 15 is 0 Å². The summed E-state index contributed by atoms with van der Waals surface area (Å²) in [6.45, 7) is 14.4. The highest BCUT2D eigenvalue weighted by Crippen LogP contribution is 2.45. The van der Waals surface area contributed by atoms with E-state index in [4.69, 9.17) is 9.31 Å². The fourth-order valence-electron chi connectivity index (χ4n) is 3.45. The van der Waals surface area contributed by atoms with Gasteiger partial charge in [-0.25, -0.2) is 4.39 Å². The Morgan fingerprint density at radius 1 is 1.10 bits per heavy atom. The zero-order valence-electron chi connectivity index (χ0n) is 14.0. The highest BCUT2D eigenvalue weighted by molar-refractivity contribution is 6.53. The number of rotatable bonds is 1. The number of halogens is 1. The van der Waals surface area contributed by atoms with Crippen molar-refractivity contribution in [1.29, 1.82) is 0 Å². The van der Waals surface area contributed by atoms with Crippen LogP contribution in [0.25, 0.3) is 0 Å². The summed E-state index contributed by atoms with van der Waals surface area (Å²) in [6.07, 6.45) is 2.76. The van der Waals surface area contributed by atoms with E-state index in [1.54, 1.807) is 0 Å². The normalized spacial score (nSPS) is 34.2. The van der Waals surface area contributed by atoms with E-state index < -0.39 is 18.3 Å². The largest absolute Gasteiger partial charge is 0.525 e. The molecule has 20 heavy (non-hydrogen) atoms. The Kier molecular flexibility index (Phi) is 3.88. The molecular weight excluding hydrogens is 254 g/mol. The predicted octanol–water partition coefficient (Wildman–Crippen LogP) is 4.69. The molecular formula is C16H28BFO2. The molecule has 114 valence electrons. The van der Waals surface area contributed by atoms with Crippen LogP contribution in [-0.2, 0) is 9.31 Å². The molecule has 1 heterocycles. The molecule has 4 heteroatoms. The van der Waals surface area contributed by atoms with Crippen molar-refractivity contribution in [3.8, 4) is 0 Å². The van der Waals surface area contributed by atoms with Crippen molar-refractivity contribution in [2.24, 2.45) is 11.3 Å². The van der Waals surface area contributed by atoms with Gasteiger partial charge in [-0.2, -0.15) is 0 Å². The predicted molar refractivity (Wildman–Crippen MR) is 81.0 cm³/mol. The van der Waals surface area contributed by atoms with Gasteiger partial charge >= 0.3 is 7.12 Å². The van der Waals surface area contributed by atoms with Crippen molar-refractivity contribution in [2.75, 3.05) is 0 Å². The second-order valence-corrected chi connectivity index (χ2v) is 8.39. The Morgan fingerprint density at radius 2 is 1.60 bits per heavy atom. The van der Waals surface area contributed by atoms with Crippen LogP contribution in [0.2, 0.25) is 0 Å². The number of hydrogen-bond acceptors (Lipinski definition) is 2. The van der Waals surface area contributed by atoms with Gasteiger partial charge < -0.3 is 9.31 Å². The van der Waals surface area contributed by atoms with Crippen LogP contribution >= 0.6 is 0 Å². The maximum absolute atomic E-state index is 14.8. The first-order chi connectivity index (χ1) is 8.94. The van der Waals surface area contributed by atoms with Gasteiger partial charge in [-0.1, -0.05) is 20.8 Å². The summed E-state index contributed by atoms with van der Waals surface area (Å²) in [5.41, 5.74) is -0.111. The zero-order valence-corrected chi connectivity index (χ0v) is 14.0. The molecule has 1 aliphatic carbocycles. The molecule has 2 aliphatic rings. The van der Waals surface area contributed by atoms with Gasteiger partial charge in [0.05, 0.1) is 11.2 Å². The molecule has 0 aromatic heterocycles. The third-order valence-corrected chi connectivity index (χ3v) is 4.99. The first-order valence-corrected chi connectivity index (χ1v) is 7.67. The summed E-state index contributed by atoms with van der Waals surface area (Å²) < 4.78 is 26.5. The van der Waals surface area contributed by atoms with Gasteiger partial charge in [0.15, 0.2) is 0 Å². The summed E-state index contributed by atoms with van der Waals surface area (Å²) in [6, 6.07) is 0. The molecule has 0 aromatic carbocycles. The minimum atomic E-state index is -0.837. The molecule has 0 bridgehead atoms. The second-order valence-electron chi connectivity index (χ2n) is 8.39. The van der Waals surface area contributed by atoms with Crippen LogP contribution in [-0.4, -0.2) is 18.3 Å². The lowest BCUT2D eigenvalue weighted by Crippen LogP contribution is -2.41. The van der Waals surface area contributed by atoms with Crippen molar-refractivity contribution in [1.82, 2.24) is 0 Å². The first-order valence-electron chi connectivity index (χ1n) is 7.67. The summed E-state index contributed by atoms with van der Waals surface area (Å²) in [5, 5.41) is 0. The number of hydrogen-bond donors (Lipinski definition) is 0. The van der Waals surface area contributed by atoms with Gasteiger partial charge in [-0.05, 0) is 63.9 Å². The molecule has 0 aromatic rings. The average molecular weight is 282 g/mol. The van der Waals surface area contributed by atoms with Crippen LogP contribution < -0.4 is 0 Å². The molecule has 1 unspecified atom stereocenters. The molecule has 2 nitrogen and oxygen atoms in total. The van der Waals surface area contributed by atoms with E-state index in [-0.39, 0.29) is 11.1 Å². The summed E-state index contributed by atoms with van der Waals surface area (Å²) in [4.78, 5) is 0. The van der Waals surface area contributed by atoms with E-state index in [1.165, 1.54) is 0 Å². The van der Waals surface area contributed by atoms with Gasteiger partial charge in [0.1, 0.15) is 5.73 Å². The Balaban J connectivity index is 2.23. The molecule has 1 atom stereocenters. The molecule has 0 spiro atoms. The van der Waals surface area contributed by atoms with Crippen molar-refractivity contribution in [3.05, 3.63) is 11.3 Å². The molecule has 0 N–H and O–H groups in total. The summed E-state index contributed by atoms with van der Waals surface area (Å²) in [7, 11) is -0.837.